The number of carbonyl (C=O) groups excluding carboxylic acids is 1. The van der Waals surface area contributed by atoms with Gasteiger partial charge in [0.2, 0.25) is 5.91 Å². The number of amides is 1. The van der Waals surface area contributed by atoms with Crippen LogP contribution in [0.4, 0.5) is 0 Å². The summed E-state index contributed by atoms with van der Waals surface area (Å²) in [5, 5.41) is 2.94. The average molecular weight is 313 g/mol. The summed E-state index contributed by atoms with van der Waals surface area (Å²) in [6, 6.07) is 0.721. The Hall–Kier alpha value is -0.953. The minimum Gasteiger partial charge on any atom is -0.374 e. The largest absolute Gasteiger partial charge is 0.500 e. The summed E-state index contributed by atoms with van der Waals surface area (Å²) in [6.07, 6.45) is 8.34. The van der Waals surface area contributed by atoms with Gasteiger partial charge in [0.05, 0.1) is 5.92 Å². The minimum atomic E-state index is -2.58. The first kappa shape index (κ1) is 18.1. The molecule has 0 radical (unpaired) electrons. The van der Waals surface area contributed by atoms with Gasteiger partial charge in [0.1, 0.15) is 0 Å². The number of nitrogens with one attached hydrogen (secondary N) is 1. The summed E-state index contributed by atoms with van der Waals surface area (Å²) in [7, 11) is -2.58. The van der Waals surface area contributed by atoms with E-state index in [2.05, 4.69) is 5.32 Å². The van der Waals surface area contributed by atoms with Crippen LogP contribution in [0.15, 0.2) is 24.3 Å². The Kier molecular flexibility index (Phi) is 8.52. The van der Waals surface area contributed by atoms with E-state index < -0.39 is 8.80 Å². The fourth-order valence-corrected chi connectivity index (χ4v) is 4.85. The molecule has 0 saturated heterocycles. The molecule has 1 aliphatic rings. The standard InChI is InChI=1S/C15H27NO4Si/c1-4-18-21(19-5-2,20-6-3)13-9-12-16-15(17)14-10-7-8-11-14/h7-8,10-11,14H,4-6,9,12-13H2,1-3H3,(H,16,17). The van der Waals surface area contributed by atoms with Crippen LogP contribution in [0, 0.1) is 5.92 Å². The first-order chi connectivity index (χ1) is 10.2. The lowest BCUT2D eigenvalue weighted by atomic mass is 10.1. The molecule has 0 saturated carbocycles. The molecule has 0 aromatic carbocycles. The van der Waals surface area contributed by atoms with E-state index in [1.54, 1.807) is 0 Å². The van der Waals surface area contributed by atoms with E-state index in [-0.39, 0.29) is 11.8 Å². The number of allylic oxidation sites excluding steroid dienone is 2. The molecule has 0 aromatic heterocycles. The molecule has 1 aliphatic carbocycles. The Morgan fingerprint density at radius 1 is 1.05 bits per heavy atom. The maximum Gasteiger partial charge on any atom is 0.500 e. The van der Waals surface area contributed by atoms with Gasteiger partial charge in [-0.15, -0.1) is 0 Å². The van der Waals surface area contributed by atoms with Gasteiger partial charge in [-0.05, 0) is 27.2 Å². The lowest BCUT2D eigenvalue weighted by Crippen LogP contribution is -2.46. The Bertz CT molecular complexity index is 342. The molecule has 0 fully saturated rings. The van der Waals surface area contributed by atoms with Gasteiger partial charge in [-0.1, -0.05) is 24.3 Å². The molecule has 0 bridgehead atoms. The highest BCUT2D eigenvalue weighted by Gasteiger charge is 2.39. The van der Waals surface area contributed by atoms with Crippen LogP contribution < -0.4 is 5.32 Å². The zero-order valence-electron chi connectivity index (χ0n) is 13.3. The highest BCUT2D eigenvalue weighted by Crippen LogP contribution is 2.18. The summed E-state index contributed by atoms with van der Waals surface area (Å²) in [6.45, 7) is 8.18. The molecular weight excluding hydrogens is 286 g/mol. The SMILES string of the molecule is CCO[Si](CCCNC(=O)C1C=CC=C1)(OCC)OCC. The normalized spacial score (nSPS) is 14.8. The third-order valence-electron chi connectivity index (χ3n) is 3.10. The molecule has 1 rings (SSSR count). The van der Waals surface area contributed by atoms with Gasteiger partial charge >= 0.3 is 8.80 Å². The smallest absolute Gasteiger partial charge is 0.374 e. The van der Waals surface area contributed by atoms with Crippen LogP contribution in [0.3, 0.4) is 0 Å². The van der Waals surface area contributed by atoms with Crippen LogP contribution in [-0.2, 0) is 18.1 Å². The van der Waals surface area contributed by atoms with E-state index in [9.17, 15) is 4.79 Å². The van der Waals surface area contributed by atoms with E-state index in [1.165, 1.54) is 0 Å². The zero-order chi connectivity index (χ0) is 15.6. The van der Waals surface area contributed by atoms with Crippen LogP contribution in [-0.4, -0.2) is 41.1 Å². The van der Waals surface area contributed by atoms with E-state index in [4.69, 9.17) is 13.3 Å². The fraction of sp³-hybridized carbons (Fsp3) is 0.667. The molecule has 1 N–H and O–H groups in total. The second-order valence-electron chi connectivity index (χ2n) is 4.67. The van der Waals surface area contributed by atoms with Gasteiger partial charge in [0.25, 0.3) is 0 Å². The van der Waals surface area contributed by atoms with Crippen molar-refractivity contribution in [1.29, 1.82) is 0 Å². The minimum absolute atomic E-state index is 0.0384. The van der Waals surface area contributed by atoms with Crippen molar-refractivity contribution in [2.45, 2.75) is 33.2 Å². The Morgan fingerprint density at radius 2 is 1.57 bits per heavy atom. The fourth-order valence-electron chi connectivity index (χ4n) is 2.24. The number of hydrogen-bond donors (Lipinski definition) is 1. The molecule has 0 unspecified atom stereocenters. The zero-order valence-corrected chi connectivity index (χ0v) is 14.3. The molecule has 6 heteroatoms. The van der Waals surface area contributed by atoms with Crippen molar-refractivity contribution in [2.24, 2.45) is 5.92 Å². The van der Waals surface area contributed by atoms with Gasteiger partial charge in [-0.2, -0.15) is 0 Å². The van der Waals surface area contributed by atoms with Crippen molar-refractivity contribution in [3.8, 4) is 0 Å². The first-order valence-corrected chi connectivity index (χ1v) is 9.65. The van der Waals surface area contributed by atoms with Crippen LogP contribution in [0.5, 0.6) is 0 Å². The molecule has 120 valence electrons. The third kappa shape index (κ3) is 6.13. The third-order valence-corrected chi connectivity index (χ3v) is 6.25. The van der Waals surface area contributed by atoms with Gasteiger partial charge in [-0.3, -0.25) is 4.79 Å². The van der Waals surface area contributed by atoms with E-state index >= 15 is 0 Å². The Labute approximate surface area is 128 Å². The average Bonchev–Trinajstić information content (AvgIpc) is 2.98. The summed E-state index contributed by atoms with van der Waals surface area (Å²) < 4.78 is 17.3. The predicted octanol–water partition coefficient (Wildman–Crippen LogP) is 2.28. The maximum absolute atomic E-state index is 11.9. The lowest BCUT2D eigenvalue weighted by Gasteiger charge is -2.28. The molecule has 0 aliphatic heterocycles. The number of carbonyl (C=O) groups is 1. The molecule has 0 atom stereocenters. The van der Waals surface area contributed by atoms with Gasteiger partial charge in [0.15, 0.2) is 0 Å². The highest BCUT2D eigenvalue weighted by molar-refractivity contribution is 6.60. The number of hydrogen-bond acceptors (Lipinski definition) is 4. The predicted molar refractivity (Wildman–Crippen MR) is 84.8 cm³/mol. The quantitative estimate of drug-likeness (QED) is 0.470. The summed E-state index contributed by atoms with van der Waals surface area (Å²) in [4.78, 5) is 11.9. The van der Waals surface area contributed by atoms with Crippen molar-refractivity contribution < 1.29 is 18.1 Å². The van der Waals surface area contributed by atoms with Gasteiger partial charge in [0, 0.05) is 32.4 Å². The number of rotatable bonds is 11. The molecule has 0 spiro atoms. The topological polar surface area (TPSA) is 56.8 Å². The monoisotopic (exact) mass is 313 g/mol. The van der Waals surface area contributed by atoms with Crippen LogP contribution in [0.25, 0.3) is 0 Å². The van der Waals surface area contributed by atoms with Crippen molar-refractivity contribution in [1.82, 2.24) is 5.32 Å². The van der Waals surface area contributed by atoms with Gasteiger partial charge in [-0.25, -0.2) is 0 Å². The van der Waals surface area contributed by atoms with Crippen LogP contribution in [0.1, 0.15) is 27.2 Å². The first-order valence-electron chi connectivity index (χ1n) is 7.72. The molecule has 0 aromatic rings. The molecule has 1 amide bonds. The van der Waals surface area contributed by atoms with Crippen LogP contribution in [0.2, 0.25) is 6.04 Å². The van der Waals surface area contributed by atoms with E-state index in [0.29, 0.717) is 26.4 Å². The molecule has 5 nitrogen and oxygen atoms in total. The highest BCUT2D eigenvalue weighted by atomic mass is 28.4. The van der Waals surface area contributed by atoms with E-state index in [0.717, 1.165) is 12.5 Å². The second-order valence-corrected chi connectivity index (χ2v) is 7.40. The Balaban J connectivity index is 2.36. The molecule has 0 heterocycles. The van der Waals surface area contributed by atoms with Crippen molar-refractivity contribution in [3.05, 3.63) is 24.3 Å². The lowest BCUT2D eigenvalue weighted by molar-refractivity contribution is -0.122. The van der Waals surface area contributed by atoms with E-state index in [1.807, 2.05) is 45.1 Å². The molecule has 21 heavy (non-hydrogen) atoms. The summed E-state index contributed by atoms with van der Waals surface area (Å²) in [5.41, 5.74) is 0. The second kappa shape index (κ2) is 9.89. The maximum atomic E-state index is 11.9. The summed E-state index contributed by atoms with van der Waals surface area (Å²) in [5.74, 6) is -0.0887. The van der Waals surface area contributed by atoms with Gasteiger partial charge < -0.3 is 18.6 Å². The molecular formula is C15H27NO4Si. The van der Waals surface area contributed by atoms with Crippen molar-refractivity contribution in [3.63, 3.8) is 0 Å². The van der Waals surface area contributed by atoms with Crippen LogP contribution >= 0.6 is 0 Å². The van der Waals surface area contributed by atoms with Crippen molar-refractivity contribution in [2.75, 3.05) is 26.4 Å². The Morgan fingerprint density at radius 3 is 2.05 bits per heavy atom. The summed E-state index contributed by atoms with van der Waals surface area (Å²) >= 11 is 0. The van der Waals surface area contributed by atoms with Crippen molar-refractivity contribution >= 4 is 14.7 Å².